The van der Waals surface area contributed by atoms with Gasteiger partial charge >= 0.3 is 6.01 Å². The van der Waals surface area contributed by atoms with Gasteiger partial charge in [0.05, 0.1) is 17.6 Å². The number of fused-ring (bicyclic) bond motifs is 4. The Morgan fingerprint density at radius 2 is 2.12 bits per heavy atom. The van der Waals surface area contributed by atoms with Gasteiger partial charge in [-0.3, -0.25) is 4.98 Å². The second-order valence-corrected chi connectivity index (χ2v) is 9.83. The van der Waals surface area contributed by atoms with Crippen molar-refractivity contribution in [3.63, 3.8) is 0 Å². The maximum Gasteiger partial charge on any atom is 0.324 e. The SMILES string of the molecule is CNc1cc(F)cc2c1Cc1nc(Oc3cnc4c(c3)CC=C4)nc(N3C[C@H](N)C4(CC4)C3)c1-2. The van der Waals surface area contributed by atoms with Crippen LogP contribution >= 0.6 is 0 Å². The Kier molecular flexibility index (Phi) is 4.09. The van der Waals surface area contributed by atoms with E-state index in [2.05, 4.69) is 21.3 Å². The Morgan fingerprint density at radius 1 is 1.24 bits per heavy atom. The predicted molar refractivity (Wildman–Crippen MR) is 129 cm³/mol. The van der Waals surface area contributed by atoms with Crippen LogP contribution in [0.4, 0.5) is 15.9 Å². The first-order valence-corrected chi connectivity index (χ1v) is 11.8. The van der Waals surface area contributed by atoms with Crippen molar-refractivity contribution < 1.29 is 9.13 Å². The number of nitrogens with one attached hydrogen (secondary N) is 1. The van der Waals surface area contributed by atoms with Crippen molar-refractivity contribution >= 4 is 17.6 Å². The molecule has 4 aliphatic rings. The monoisotopic (exact) mass is 456 g/mol. The van der Waals surface area contributed by atoms with Gasteiger partial charge in [-0.1, -0.05) is 6.08 Å². The van der Waals surface area contributed by atoms with E-state index in [9.17, 15) is 4.39 Å². The second-order valence-electron chi connectivity index (χ2n) is 9.83. The summed E-state index contributed by atoms with van der Waals surface area (Å²) in [5.74, 6) is 1.11. The molecule has 1 atom stereocenters. The summed E-state index contributed by atoms with van der Waals surface area (Å²) in [4.78, 5) is 16.4. The van der Waals surface area contributed by atoms with Crippen molar-refractivity contribution in [3.05, 3.63) is 58.8 Å². The highest BCUT2D eigenvalue weighted by Gasteiger charge is 2.54. The quantitative estimate of drug-likeness (QED) is 0.481. The molecular weight excluding hydrogens is 431 g/mol. The van der Waals surface area contributed by atoms with E-state index >= 15 is 0 Å². The highest BCUT2D eigenvalue weighted by Crippen LogP contribution is 2.54. The Hall–Kier alpha value is -3.52. The topological polar surface area (TPSA) is 89.2 Å². The number of aromatic nitrogens is 3. The number of pyridine rings is 1. The molecule has 8 heteroatoms. The Balaban J connectivity index is 1.34. The van der Waals surface area contributed by atoms with Gasteiger partial charge in [-0.05, 0) is 60.2 Å². The van der Waals surface area contributed by atoms with Crippen molar-refractivity contribution in [2.45, 2.75) is 31.7 Å². The molecule has 3 aromatic rings. The fraction of sp³-hybridized carbons (Fsp3) is 0.346. The van der Waals surface area contributed by atoms with Gasteiger partial charge < -0.3 is 20.7 Å². The van der Waals surface area contributed by atoms with E-state index in [1.54, 1.807) is 12.3 Å². The van der Waals surface area contributed by atoms with Crippen molar-refractivity contribution in [1.82, 2.24) is 15.0 Å². The molecular formula is C26H25FN6O. The molecule has 2 fully saturated rings. The number of nitrogens with two attached hydrogens (primary N) is 1. The lowest BCUT2D eigenvalue weighted by molar-refractivity contribution is 0.437. The van der Waals surface area contributed by atoms with E-state index in [1.807, 2.05) is 19.2 Å². The largest absolute Gasteiger partial charge is 0.423 e. The maximum atomic E-state index is 14.5. The molecule has 1 spiro atoms. The molecule has 1 saturated heterocycles. The van der Waals surface area contributed by atoms with Gasteiger partial charge in [-0.25, -0.2) is 4.39 Å². The van der Waals surface area contributed by atoms with Crippen molar-refractivity contribution in [1.29, 1.82) is 0 Å². The van der Waals surface area contributed by atoms with Crippen LogP contribution in [0, 0.1) is 11.2 Å². The number of benzene rings is 1. The van der Waals surface area contributed by atoms with Crippen LogP contribution in [0.3, 0.4) is 0 Å². The standard InChI is InChI=1S/C26H25FN6O/c1-29-20-9-15(27)8-18-17(20)10-21-23(18)24(33-12-22(28)26(13-33)5-6-26)32-25(31-21)34-16-7-14-3-2-4-19(14)30-11-16/h2,4,7-9,11,22,29H,3,5-6,10,12-13,28H2,1H3/t22-/m0/s1. The fourth-order valence-electron chi connectivity index (χ4n) is 5.71. The van der Waals surface area contributed by atoms with Gasteiger partial charge in [0.2, 0.25) is 0 Å². The fourth-order valence-corrected chi connectivity index (χ4v) is 5.71. The number of rotatable bonds is 4. The highest BCUT2D eigenvalue weighted by atomic mass is 19.1. The molecule has 7 rings (SSSR count). The summed E-state index contributed by atoms with van der Waals surface area (Å²) in [6, 6.07) is 5.51. The summed E-state index contributed by atoms with van der Waals surface area (Å²) >= 11 is 0. The van der Waals surface area contributed by atoms with Crippen LogP contribution in [0.15, 0.2) is 30.5 Å². The summed E-state index contributed by atoms with van der Waals surface area (Å²) in [5.41, 5.74) is 13.2. The predicted octanol–water partition coefficient (Wildman–Crippen LogP) is 3.91. The molecule has 172 valence electrons. The zero-order valence-corrected chi connectivity index (χ0v) is 18.9. The zero-order valence-electron chi connectivity index (χ0n) is 18.9. The molecule has 7 nitrogen and oxygen atoms in total. The number of ether oxygens (including phenoxy) is 1. The molecule has 0 radical (unpaired) electrons. The molecule has 3 heterocycles. The first-order chi connectivity index (χ1) is 16.5. The minimum Gasteiger partial charge on any atom is -0.423 e. The number of allylic oxidation sites excluding steroid dienone is 1. The van der Waals surface area contributed by atoms with Gasteiger partial charge in [-0.2, -0.15) is 9.97 Å². The lowest BCUT2D eigenvalue weighted by Gasteiger charge is -2.21. The van der Waals surface area contributed by atoms with Gasteiger partial charge in [0.1, 0.15) is 17.4 Å². The van der Waals surface area contributed by atoms with E-state index in [-0.39, 0.29) is 23.3 Å². The smallest absolute Gasteiger partial charge is 0.324 e. The molecule has 0 bridgehead atoms. The number of anilines is 2. The first kappa shape index (κ1) is 19.9. The summed E-state index contributed by atoms with van der Waals surface area (Å²) in [5, 5.41) is 3.13. The van der Waals surface area contributed by atoms with Crippen molar-refractivity contribution in [2.75, 3.05) is 30.4 Å². The normalized spacial score (nSPS) is 20.4. The Bertz CT molecular complexity index is 1380. The average molecular weight is 457 g/mol. The van der Waals surface area contributed by atoms with E-state index in [4.69, 9.17) is 20.4 Å². The van der Waals surface area contributed by atoms with E-state index in [0.29, 0.717) is 12.2 Å². The molecule has 0 amide bonds. The van der Waals surface area contributed by atoms with Crippen molar-refractivity contribution in [3.8, 4) is 22.9 Å². The maximum absolute atomic E-state index is 14.5. The van der Waals surface area contributed by atoms with Crippen LogP contribution in [-0.4, -0.2) is 41.1 Å². The first-order valence-electron chi connectivity index (χ1n) is 11.8. The average Bonchev–Trinajstić information content (AvgIpc) is 3.14. The second kappa shape index (κ2) is 6.99. The molecule has 3 aliphatic carbocycles. The van der Waals surface area contributed by atoms with Gasteiger partial charge in [-0.15, -0.1) is 0 Å². The molecule has 0 unspecified atom stereocenters. The number of hydrogen-bond donors (Lipinski definition) is 2. The molecule has 1 saturated carbocycles. The van der Waals surface area contributed by atoms with Gasteiger partial charge in [0, 0.05) is 49.3 Å². The summed E-state index contributed by atoms with van der Waals surface area (Å²) in [6.07, 6.45) is 9.53. The third kappa shape index (κ3) is 2.94. The lowest BCUT2D eigenvalue weighted by atomic mass is 10.0. The number of nitrogens with zero attached hydrogens (tertiary/aromatic N) is 4. The number of halogens is 1. The third-order valence-corrected chi connectivity index (χ3v) is 7.74. The molecule has 34 heavy (non-hydrogen) atoms. The van der Waals surface area contributed by atoms with Crippen LogP contribution in [0.25, 0.3) is 17.2 Å². The van der Waals surface area contributed by atoms with Gasteiger partial charge in [0.25, 0.3) is 0 Å². The molecule has 2 aromatic heterocycles. The van der Waals surface area contributed by atoms with E-state index in [0.717, 1.165) is 77.5 Å². The van der Waals surface area contributed by atoms with Crippen LogP contribution in [0.2, 0.25) is 0 Å². The minimum atomic E-state index is -0.281. The van der Waals surface area contributed by atoms with Gasteiger partial charge in [0.15, 0.2) is 0 Å². The van der Waals surface area contributed by atoms with Crippen LogP contribution in [-0.2, 0) is 12.8 Å². The Morgan fingerprint density at radius 3 is 2.91 bits per heavy atom. The summed E-state index contributed by atoms with van der Waals surface area (Å²) in [7, 11) is 1.81. The highest BCUT2D eigenvalue weighted by molar-refractivity contribution is 5.88. The van der Waals surface area contributed by atoms with Crippen LogP contribution in [0.5, 0.6) is 11.8 Å². The molecule has 1 aliphatic heterocycles. The van der Waals surface area contributed by atoms with E-state index in [1.165, 1.54) is 6.07 Å². The number of hydrogen-bond acceptors (Lipinski definition) is 7. The third-order valence-electron chi connectivity index (χ3n) is 7.74. The summed E-state index contributed by atoms with van der Waals surface area (Å²) in [6.45, 7) is 1.57. The molecule has 3 N–H and O–H groups in total. The summed E-state index contributed by atoms with van der Waals surface area (Å²) < 4.78 is 20.7. The van der Waals surface area contributed by atoms with Crippen molar-refractivity contribution in [2.24, 2.45) is 11.1 Å². The van der Waals surface area contributed by atoms with Crippen LogP contribution in [0.1, 0.15) is 35.4 Å². The van der Waals surface area contributed by atoms with Crippen LogP contribution < -0.4 is 20.7 Å². The lowest BCUT2D eigenvalue weighted by Crippen LogP contribution is -2.30. The zero-order chi connectivity index (χ0) is 23.0. The Labute approximate surface area is 196 Å². The van der Waals surface area contributed by atoms with E-state index < -0.39 is 0 Å². The molecule has 1 aromatic carbocycles. The minimum absolute atomic E-state index is 0.108.